The number of ether oxygens (including phenoxy) is 2. The number of piperidine rings is 1. The molecule has 2 N–H and O–H groups in total. The van der Waals surface area contributed by atoms with Crippen molar-refractivity contribution >= 4 is 28.2 Å². The van der Waals surface area contributed by atoms with Crippen LogP contribution >= 0.6 is 0 Å². The van der Waals surface area contributed by atoms with Gasteiger partial charge in [-0.1, -0.05) is 12.1 Å². The lowest BCUT2D eigenvalue weighted by Crippen LogP contribution is -2.53. The molecule has 48 heavy (non-hydrogen) atoms. The monoisotopic (exact) mass is 654 g/mol. The Morgan fingerprint density at radius 1 is 0.938 bits per heavy atom. The number of amides is 1. The van der Waals surface area contributed by atoms with E-state index in [0.717, 1.165) is 65.1 Å². The number of hydrogen-bond donors (Lipinski definition) is 2. The molecule has 0 radical (unpaired) electrons. The topological polar surface area (TPSA) is 134 Å². The normalized spacial score (nSPS) is 17.5. The van der Waals surface area contributed by atoms with E-state index in [1.165, 1.54) is 12.1 Å². The van der Waals surface area contributed by atoms with Crippen LogP contribution in [0.25, 0.3) is 10.9 Å². The lowest BCUT2D eigenvalue weighted by atomic mass is 9.99. The van der Waals surface area contributed by atoms with Crippen molar-refractivity contribution in [3.8, 4) is 11.5 Å². The molecule has 0 aliphatic carbocycles. The van der Waals surface area contributed by atoms with Gasteiger partial charge in [0, 0.05) is 81.3 Å². The number of non-ortho nitro benzene ring substituents is 1. The first kappa shape index (κ1) is 33.1. The molecule has 1 unspecified atom stereocenters. The van der Waals surface area contributed by atoms with E-state index in [2.05, 4.69) is 25.0 Å². The Bertz CT molecular complexity index is 1700. The number of nitrogens with one attached hydrogen (secondary N) is 1. The maximum absolute atomic E-state index is 14.0. The number of pyridine rings is 1. The average molecular weight is 655 g/mol. The Labute approximate surface area is 280 Å². The van der Waals surface area contributed by atoms with Crippen LogP contribution in [0.2, 0.25) is 0 Å². The first-order valence-electron chi connectivity index (χ1n) is 16.3. The largest absolute Gasteiger partial charge is 0.497 e. The highest BCUT2D eigenvalue weighted by Crippen LogP contribution is 2.30. The highest BCUT2D eigenvalue weighted by Gasteiger charge is 2.33. The quantitative estimate of drug-likeness (QED) is 0.178. The number of aliphatic hydroxyl groups excluding tert-OH is 1. The number of hydrogen-bond acceptors (Lipinski definition) is 10. The summed E-state index contributed by atoms with van der Waals surface area (Å²) in [6.07, 6.45) is 2.61. The van der Waals surface area contributed by atoms with E-state index in [1.807, 2.05) is 48.5 Å². The number of aromatic nitrogens is 1. The number of carbonyl (C=O) groups excluding carboxylic acids is 1. The lowest BCUT2D eigenvalue weighted by molar-refractivity contribution is -0.384. The molecule has 252 valence electrons. The molecule has 3 aromatic carbocycles. The van der Waals surface area contributed by atoms with Gasteiger partial charge in [-0.3, -0.25) is 24.8 Å². The number of nitro benzene ring substituents is 1. The van der Waals surface area contributed by atoms with Crippen LogP contribution in [0.1, 0.15) is 36.1 Å². The molecule has 2 fully saturated rings. The van der Waals surface area contributed by atoms with Gasteiger partial charge in [0.1, 0.15) is 17.5 Å². The number of aliphatic hydroxyl groups is 1. The molecule has 0 spiro atoms. The molecule has 1 aromatic heterocycles. The Hall–Kier alpha value is -4.78. The zero-order valence-electron chi connectivity index (χ0n) is 27.3. The SMILES string of the molecule is COc1ccc(C(C(=O)NC2CCN(C[C@H](O)c3ccnc4ccc(OC)cc34)CC2)N2CCN(c3ccc([N+](=O)[O-])cc3)CC2)cc1. The minimum atomic E-state index is -0.683. The first-order valence-corrected chi connectivity index (χ1v) is 16.3. The fraction of sp³-hybridized carbons (Fsp3) is 0.389. The second kappa shape index (κ2) is 15.0. The second-order valence-corrected chi connectivity index (χ2v) is 12.4. The van der Waals surface area contributed by atoms with Crippen LogP contribution in [0.15, 0.2) is 79.0 Å². The minimum Gasteiger partial charge on any atom is -0.497 e. The van der Waals surface area contributed by atoms with E-state index in [4.69, 9.17) is 9.47 Å². The number of likely N-dealkylation sites (tertiary alicyclic amines) is 1. The number of methoxy groups -OCH3 is 2. The van der Waals surface area contributed by atoms with Gasteiger partial charge in [-0.2, -0.15) is 0 Å². The molecule has 2 saturated heterocycles. The summed E-state index contributed by atoms with van der Waals surface area (Å²) in [5, 5.41) is 26.5. The molecule has 2 aliphatic rings. The van der Waals surface area contributed by atoms with E-state index >= 15 is 0 Å². The van der Waals surface area contributed by atoms with Crippen LogP contribution in [-0.4, -0.2) is 96.8 Å². The van der Waals surface area contributed by atoms with E-state index in [-0.39, 0.29) is 17.6 Å². The van der Waals surface area contributed by atoms with Crippen LogP contribution in [0.3, 0.4) is 0 Å². The summed E-state index contributed by atoms with van der Waals surface area (Å²) in [5.74, 6) is 1.42. The molecule has 2 atom stereocenters. The molecule has 0 saturated carbocycles. The van der Waals surface area contributed by atoms with E-state index < -0.39 is 17.1 Å². The van der Waals surface area contributed by atoms with Gasteiger partial charge in [0.15, 0.2) is 0 Å². The summed E-state index contributed by atoms with van der Waals surface area (Å²) >= 11 is 0. The molecule has 2 aliphatic heterocycles. The minimum absolute atomic E-state index is 0.0269. The molecule has 12 heteroatoms. The lowest BCUT2D eigenvalue weighted by Gasteiger charge is -2.40. The van der Waals surface area contributed by atoms with Gasteiger partial charge in [-0.15, -0.1) is 0 Å². The van der Waals surface area contributed by atoms with E-state index in [9.17, 15) is 20.0 Å². The van der Waals surface area contributed by atoms with E-state index in [0.29, 0.717) is 32.7 Å². The van der Waals surface area contributed by atoms with Crippen LogP contribution in [-0.2, 0) is 4.79 Å². The van der Waals surface area contributed by atoms with Gasteiger partial charge < -0.3 is 29.7 Å². The van der Waals surface area contributed by atoms with Gasteiger partial charge in [0.2, 0.25) is 5.91 Å². The van der Waals surface area contributed by atoms with Crippen molar-refractivity contribution in [3.63, 3.8) is 0 Å². The maximum Gasteiger partial charge on any atom is 0.269 e. The molecule has 3 heterocycles. The van der Waals surface area contributed by atoms with Gasteiger partial charge >= 0.3 is 0 Å². The van der Waals surface area contributed by atoms with Crippen molar-refractivity contribution < 1.29 is 24.3 Å². The van der Waals surface area contributed by atoms with E-state index in [1.54, 1.807) is 32.5 Å². The number of nitrogens with zero attached hydrogens (tertiary/aromatic N) is 5. The fourth-order valence-electron chi connectivity index (χ4n) is 6.78. The Morgan fingerprint density at radius 2 is 1.60 bits per heavy atom. The molecular weight excluding hydrogens is 612 g/mol. The zero-order chi connectivity index (χ0) is 33.6. The summed E-state index contributed by atoms with van der Waals surface area (Å²) in [6, 6.07) is 21.4. The predicted molar refractivity (Wildman–Crippen MR) is 183 cm³/mol. The number of carbonyl (C=O) groups is 1. The third kappa shape index (κ3) is 7.51. The summed E-state index contributed by atoms with van der Waals surface area (Å²) in [6.45, 7) is 4.71. The number of fused-ring (bicyclic) bond motifs is 1. The Kier molecular flexibility index (Phi) is 10.3. The number of piperazine rings is 1. The van der Waals surface area contributed by atoms with Crippen LogP contribution in [0.4, 0.5) is 11.4 Å². The van der Waals surface area contributed by atoms with Gasteiger partial charge in [-0.05, 0) is 72.5 Å². The predicted octanol–water partition coefficient (Wildman–Crippen LogP) is 4.34. The van der Waals surface area contributed by atoms with Crippen LogP contribution in [0, 0.1) is 10.1 Å². The highest BCUT2D eigenvalue weighted by atomic mass is 16.6. The smallest absolute Gasteiger partial charge is 0.269 e. The fourth-order valence-corrected chi connectivity index (χ4v) is 6.78. The summed E-state index contributed by atoms with van der Waals surface area (Å²) in [7, 11) is 3.25. The van der Waals surface area contributed by atoms with Crippen molar-refractivity contribution in [3.05, 3.63) is 100 Å². The maximum atomic E-state index is 14.0. The number of β-amino-alcohol motifs (C(OH)–C–C–N with tert-alkyl or cyclic N) is 1. The summed E-state index contributed by atoms with van der Waals surface area (Å²) in [4.78, 5) is 35.8. The van der Waals surface area contributed by atoms with Gasteiger partial charge in [0.25, 0.3) is 5.69 Å². The number of anilines is 1. The first-order chi connectivity index (χ1) is 23.3. The summed E-state index contributed by atoms with van der Waals surface area (Å²) in [5.41, 5.74) is 3.54. The highest BCUT2D eigenvalue weighted by molar-refractivity contribution is 5.84. The number of rotatable bonds is 11. The third-order valence-corrected chi connectivity index (χ3v) is 9.49. The molecule has 6 rings (SSSR count). The van der Waals surface area contributed by atoms with Crippen molar-refractivity contribution in [2.45, 2.75) is 31.0 Å². The average Bonchev–Trinajstić information content (AvgIpc) is 3.12. The second-order valence-electron chi connectivity index (χ2n) is 12.4. The summed E-state index contributed by atoms with van der Waals surface area (Å²) < 4.78 is 10.8. The zero-order valence-corrected chi connectivity index (χ0v) is 27.3. The van der Waals surface area contributed by atoms with Crippen molar-refractivity contribution in [2.24, 2.45) is 0 Å². The van der Waals surface area contributed by atoms with Gasteiger partial charge in [0.05, 0.1) is 30.8 Å². The van der Waals surface area contributed by atoms with Crippen molar-refractivity contribution in [1.82, 2.24) is 20.1 Å². The van der Waals surface area contributed by atoms with Crippen LogP contribution < -0.4 is 19.7 Å². The van der Waals surface area contributed by atoms with Gasteiger partial charge in [-0.25, -0.2) is 0 Å². The molecule has 0 bridgehead atoms. The number of benzene rings is 3. The van der Waals surface area contributed by atoms with Crippen LogP contribution in [0.5, 0.6) is 11.5 Å². The molecule has 4 aromatic rings. The molecule has 1 amide bonds. The Balaban J connectivity index is 1.08. The third-order valence-electron chi connectivity index (χ3n) is 9.49. The standard InChI is InChI=1S/C36H42N6O6/c1-47-29-9-3-25(4-10-29)35(41-21-19-40(20-22-41)27-5-7-28(8-6-27)42(45)46)36(44)38-26-14-17-39(18-15-26)24-34(43)31-13-16-37-33-12-11-30(48-2)23-32(31)33/h3-13,16,23,26,34-35,43H,14-15,17-22,24H2,1-2H3,(H,38,44)/t34-,35?/m0/s1. The number of nitro groups is 1. The van der Waals surface area contributed by atoms with Crippen molar-refractivity contribution in [1.29, 1.82) is 0 Å². The Morgan fingerprint density at radius 3 is 2.25 bits per heavy atom. The molecular formula is C36H42N6O6. The van der Waals surface area contributed by atoms with Crippen molar-refractivity contribution in [2.75, 3.05) is 64.9 Å². The molecule has 12 nitrogen and oxygen atoms in total.